The van der Waals surface area contributed by atoms with Crippen LogP contribution >= 0.6 is 0 Å². The molecule has 4 aliphatic rings. The van der Waals surface area contributed by atoms with E-state index >= 15 is 0 Å². The summed E-state index contributed by atoms with van der Waals surface area (Å²) < 4.78 is 70.6. The third kappa shape index (κ3) is 9.60. The van der Waals surface area contributed by atoms with Gasteiger partial charge >= 0.3 is 0 Å². The average Bonchev–Trinajstić information content (AvgIpc) is 3.24. The minimum Gasteiger partial charge on any atom is -0.405 e. The number of fused-ring (bicyclic) bond motifs is 2. The maximum Gasteiger partial charge on any atom is 0.261 e. The van der Waals surface area contributed by atoms with Gasteiger partial charge < -0.3 is 46.7 Å². The summed E-state index contributed by atoms with van der Waals surface area (Å²) in [6.45, 7) is 29.7. The van der Waals surface area contributed by atoms with Gasteiger partial charge in [-0.05, 0) is 86.2 Å². The Labute approximate surface area is 396 Å². The van der Waals surface area contributed by atoms with Gasteiger partial charge in [0.1, 0.15) is 48.8 Å². The summed E-state index contributed by atoms with van der Waals surface area (Å²) in [5.74, 6) is -4.20. The van der Waals surface area contributed by atoms with Crippen molar-refractivity contribution in [2.24, 2.45) is 0 Å². The van der Waals surface area contributed by atoms with Crippen molar-refractivity contribution in [2.75, 3.05) is 13.2 Å². The first-order valence-corrected chi connectivity index (χ1v) is 27.6. The Morgan fingerprint density at radius 3 is 0.803 bits per heavy atom. The van der Waals surface area contributed by atoms with Crippen molar-refractivity contribution in [3.8, 4) is 0 Å². The summed E-state index contributed by atoms with van der Waals surface area (Å²) in [5.41, 5.74) is 0. The maximum atomic E-state index is 7.53. The molecule has 0 bridgehead atoms. The Balaban J connectivity index is 1.14. The zero-order valence-corrected chi connectivity index (χ0v) is 43.7. The van der Waals surface area contributed by atoms with Gasteiger partial charge in [-0.15, -0.1) is 0 Å². The maximum absolute atomic E-state index is 7.53. The molecule has 0 amide bonds. The van der Waals surface area contributed by atoms with E-state index in [-0.39, 0.29) is 23.3 Å². The molecule has 358 valence electrons. The molecule has 8 rings (SSSR count). The van der Waals surface area contributed by atoms with Gasteiger partial charge in [-0.25, -0.2) is 0 Å². The summed E-state index contributed by atoms with van der Waals surface area (Å²) >= 11 is 0. The topological polar surface area (TPSA) is 92.3 Å². The fraction of sp³-hybridized carbons (Fsp3) is 0.556. The van der Waals surface area contributed by atoms with Gasteiger partial charge in [0, 0.05) is 0 Å². The summed E-state index contributed by atoms with van der Waals surface area (Å²) in [7, 11) is -5.91. The Bertz CT molecular complexity index is 1990. The highest BCUT2D eigenvalue weighted by molar-refractivity contribution is 7.00. The fourth-order valence-electron chi connectivity index (χ4n) is 11.1. The van der Waals surface area contributed by atoms with Gasteiger partial charge in [-0.1, -0.05) is 163 Å². The summed E-state index contributed by atoms with van der Waals surface area (Å²) in [5, 5.41) is 4.28. The quantitative estimate of drug-likeness (QED) is 0.137. The molecule has 4 fully saturated rings. The van der Waals surface area contributed by atoms with Crippen LogP contribution < -0.4 is 20.7 Å². The molecule has 12 heteroatoms. The van der Waals surface area contributed by atoms with Crippen LogP contribution in [0.2, 0.25) is 10.1 Å². The molecule has 4 saturated heterocycles. The van der Waals surface area contributed by atoms with Gasteiger partial charge in [0.15, 0.2) is 23.1 Å². The van der Waals surface area contributed by atoms with Crippen LogP contribution in [0.5, 0.6) is 0 Å². The van der Waals surface area contributed by atoms with Gasteiger partial charge in [0.05, 0.1) is 13.2 Å². The molecular formula is C54H74O10Si2. The van der Waals surface area contributed by atoms with Crippen LogP contribution in [0.4, 0.5) is 0 Å². The number of benzene rings is 4. The zero-order valence-electron chi connectivity index (χ0n) is 41.7. The van der Waals surface area contributed by atoms with Gasteiger partial charge in [0.25, 0.3) is 16.6 Å². The number of hydrogen-bond acceptors (Lipinski definition) is 10. The van der Waals surface area contributed by atoms with Gasteiger partial charge in [-0.2, -0.15) is 0 Å². The van der Waals surface area contributed by atoms with Crippen LogP contribution in [0.25, 0.3) is 0 Å². The lowest BCUT2D eigenvalue weighted by molar-refractivity contribution is -0.467. The van der Waals surface area contributed by atoms with Gasteiger partial charge in [0.2, 0.25) is 0 Å². The fourth-order valence-corrected chi connectivity index (χ4v) is 20.3. The molecular weight excluding hydrogens is 865 g/mol. The molecule has 10 nitrogen and oxygen atoms in total. The lowest BCUT2D eigenvalue weighted by Gasteiger charge is -2.59. The Morgan fingerprint density at radius 1 is 0.348 bits per heavy atom. The second kappa shape index (κ2) is 18.0. The van der Waals surface area contributed by atoms with Crippen molar-refractivity contribution in [3.05, 3.63) is 121 Å². The zero-order chi connectivity index (χ0) is 47.6. The molecule has 66 heavy (non-hydrogen) atoms. The molecule has 0 N–H and O–H groups in total. The molecule has 0 aromatic heterocycles. The van der Waals surface area contributed by atoms with Crippen LogP contribution in [-0.2, 0) is 46.7 Å². The number of rotatable bonds is 11. The standard InChI is InChI=1S/C54H74O10Si2/c1-49(2,3)65(37-27-19-15-20-28-37,38-29-21-16-22-30-38)55-35-41-43-45(61-51(7,8)57-41)47(63-53(11,12)59-43)48-46-44(60-54(13,14)64-48)42(58-52(9,10)62-46)36-56-66(50(4,5)6,39-31-23-17-24-32-39)40-33-25-18-26-34-40/h15-34,41-48H,35-36H2,1-14H3/t41-,42-,43-,44-,45+,46+,47?,48?/m1/s1. The smallest absolute Gasteiger partial charge is 0.261 e. The second-order valence-corrected chi connectivity index (χ2v) is 31.0. The van der Waals surface area contributed by atoms with Crippen LogP contribution in [0.15, 0.2) is 121 Å². The molecule has 4 aliphatic heterocycles. The first-order valence-electron chi connectivity index (χ1n) is 23.8. The van der Waals surface area contributed by atoms with Crippen LogP contribution in [0.3, 0.4) is 0 Å². The van der Waals surface area contributed by atoms with E-state index in [0.717, 1.165) is 0 Å². The summed E-state index contributed by atoms with van der Waals surface area (Å²) in [6.07, 6.45) is -4.91. The number of hydrogen-bond donors (Lipinski definition) is 0. The predicted molar refractivity (Wildman–Crippen MR) is 262 cm³/mol. The van der Waals surface area contributed by atoms with Crippen LogP contribution in [0.1, 0.15) is 96.9 Å². The van der Waals surface area contributed by atoms with Crippen molar-refractivity contribution < 1.29 is 46.7 Å². The molecule has 0 radical (unpaired) electrons. The van der Waals surface area contributed by atoms with E-state index in [1.54, 1.807) is 0 Å². The lowest BCUT2D eigenvalue weighted by atomic mass is 9.87. The Morgan fingerprint density at radius 2 is 0.561 bits per heavy atom. The van der Waals surface area contributed by atoms with Crippen molar-refractivity contribution >= 4 is 37.4 Å². The minimum absolute atomic E-state index is 0.241. The Hall–Kier alpha value is -3.09. The van der Waals surface area contributed by atoms with E-state index in [2.05, 4.69) is 163 Å². The minimum atomic E-state index is -2.96. The first kappa shape index (κ1) is 49.3. The van der Waals surface area contributed by atoms with E-state index in [4.69, 9.17) is 46.7 Å². The monoisotopic (exact) mass is 938 g/mol. The molecule has 4 aromatic carbocycles. The van der Waals surface area contributed by atoms with Crippen molar-refractivity contribution in [1.29, 1.82) is 0 Å². The average molecular weight is 939 g/mol. The van der Waals surface area contributed by atoms with Gasteiger partial charge in [-0.3, -0.25) is 0 Å². The molecule has 8 atom stereocenters. The molecule has 0 aliphatic carbocycles. The summed E-state index contributed by atoms with van der Waals surface area (Å²) in [6, 6.07) is 42.7. The van der Waals surface area contributed by atoms with Crippen molar-refractivity contribution in [3.63, 3.8) is 0 Å². The number of ether oxygens (including phenoxy) is 8. The third-order valence-electron chi connectivity index (χ3n) is 13.5. The predicted octanol–water partition coefficient (Wildman–Crippen LogP) is 8.22. The van der Waals surface area contributed by atoms with E-state index in [9.17, 15) is 0 Å². The normalized spacial score (nSPS) is 29.6. The summed E-state index contributed by atoms with van der Waals surface area (Å²) in [4.78, 5) is 0. The van der Waals surface area contributed by atoms with Crippen molar-refractivity contribution in [2.45, 2.75) is 179 Å². The molecule has 0 saturated carbocycles. The molecule has 2 unspecified atom stereocenters. The lowest BCUT2D eigenvalue weighted by Crippen LogP contribution is -2.75. The first-order chi connectivity index (χ1) is 30.9. The van der Waals surface area contributed by atoms with E-state index in [1.807, 2.05) is 55.4 Å². The van der Waals surface area contributed by atoms with E-state index in [0.29, 0.717) is 0 Å². The van der Waals surface area contributed by atoms with Crippen LogP contribution in [0, 0.1) is 0 Å². The molecule has 4 aromatic rings. The highest BCUT2D eigenvalue weighted by atomic mass is 28.4. The third-order valence-corrected chi connectivity index (χ3v) is 23.5. The highest BCUT2D eigenvalue weighted by Crippen LogP contribution is 2.47. The second-order valence-electron chi connectivity index (χ2n) is 22.4. The van der Waals surface area contributed by atoms with Crippen molar-refractivity contribution in [1.82, 2.24) is 0 Å². The highest BCUT2D eigenvalue weighted by Gasteiger charge is 2.64. The SMILES string of the molecule is CC1(C)OC(C2OC(C)(C)O[C@H]3[C@@H]2OC(C)(C)O[C@@H]3CO[Si](c2ccccc2)(c2ccccc2)C(C)(C)C)[C@H]2OC(C)(C)O[C@H](CO[Si](c3ccccc3)(c3ccccc3)C(C)(C)C)[C@H]2O1. The molecule has 4 heterocycles. The van der Waals surface area contributed by atoms with E-state index in [1.165, 1.54) is 20.7 Å². The Kier molecular flexibility index (Phi) is 13.5. The molecule has 0 spiro atoms. The van der Waals surface area contributed by atoms with Crippen LogP contribution in [-0.4, -0.2) is 102 Å². The largest absolute Gasteiger partial charge is 0.405 e. The van der Waals surface area contributed by atoms with E-state index < -0.39 is 88.6 Å².